The lowest BCUT2D eigenvalue weighted by molar-refractivity contribution is 0.201. The Balaban J connectivity index is 1.20. The summed E-state index contributed by atoms with van der Waals surface area (Å²) in [5.41, 5.74) is 5.61. The van der Waals surface area contributed by atoms with Crippen molar-refractivity contribution < 1.29 is 4.74 Å². The molecular formula is C25H27N5O. The molecule has 0 saturated heterocycles. The molecule has 1 fully saturated rings. The van der Waals surface area contributed by atoms with Gasteiger partial charge in [0.05, 0.1) is 0 Å². The van der Waals surface area contributed by atoms with Crippen LogP contribution in [0.15, 0.2) is 49.2 Å². The second kappa shape index (κ2) is 8.84. The van der Waals surface area contributed by atoms with E-state index in [0.29, 0.717) is 6.10 Å². The van der Waals surface area contributed by atoms with Crippen molar-refractivity contribution in [2.24, 2.45) is 0 Å². The Morgan fingerprint density at radius 2 is 1.81 bits per heavy atom. The van der Waals surface area contributed by atoms with Crippen molar-refractivity contribution in [2.75, 3.05) is 0 Å². The number of nitrogens with zero attached hydrogens (tertiary/aromatic N) is 4. The highest BCUT2D eigenvalue weighted by Crippen LogP contribution is 2.24. The minimum absolute atomic E-state index is 0.329. The van der Waals surface area contributed by atoms with Gasteiger partial charge in [0, 0.05) is 55.3 Å². The third-order valence-electron chi connectivity index (χ3n) is 5.93. The molecule has 4 aromatic rings. The molecule has 1 saturated carbocycles. The number of nitrogens with one attached hydrogen (secondary N) is 1. The van der Waals surface area contributed by atoms with Gasteiger partial charge in [0.25, 0.3) is 0 Å². The van der Waals surface area contributed by atoms with Crippen LogP contribution in [-0.4, -0.2) is 31.0 Å². The fraction of sp³-hybridized carbons (Fsp3) is 0.360. The summed E-state index contributed by atoms with van der Waals surface area (Å²) in [7, 11) is 0. The zero-order valence-electron chi connectivity index (χ0n) is 17.8. The minimum Gasteiger partial charge on any atom is -0.474 e. The van der Waals surface area contributed by atoms with Gasteiger partial charge in [0.1, 0.15) is 17.6 Å². The van der Waals surface area contributed by atoms with Gasteiger partial charge in [0.15, 0.2) is 0 Å². The van der Waals surface area contributed by atoms with Crippen LogP contribution in [0.25, 0.3) is 11.0 Å². The average Bonchev–Trinajstić information content (AvgIpc) is 3.44. The highest BCUT2D eigenvalue weighted by atomic mass is 16.5. The van der Waals surface area contributed by atoms with E-state index in [1.807, 2.05) is 37.1 Å². The smallest absolute Gasteiger partial charge is 0.213 e. The standard InChI is InChI=1S/C25H27N5O/c1-17-10-22-20(16-30-25(22)29-13-17)11-19-14-27-23(28-15-19)7-6-18-8-9-26-24(12-18)31-21-4-2-3-5-21/h8-10,12-16,21H,2-7,11H2,1H3,(H,29,30). The number of aryl methyl sites for hydroxylation is 3. The van der Waals surface area contributed by atoms with Crippen LogP contribution in [0.4, 0.5) is 0 Å². The van der Waals surface area contributed by atoms with Gasteiger partial charge in [-0.3, -0.25) is 0 Å². The summed E-state index contributed by atoms with van der Waals surface area (Å²) in [5.74, 6) is 1.60. The van der Waals surface area contributed by atoms with E-state index in [1.165, 1.54) is 24.0 Å². The lowest BCUT2D eigenvalue weighted by atomic mass is 10.1. The number of aromatic nitrogens is 5. The first-order chi connectivity index (χ1) is 15.2. The highest BCUT2D eigenvalue weighted by Gasteiger charge is 2.17. The average molecular weight is 414 g/mol. The van der Waals surface area contributed by atoms with Crippen LogP contribution in [-0.2, 0) is 19.3 Å². The maximum Gasteiger partial charge on any atom is 0.213 e. The molecule has 0 amide bonds. The molecule has 0 radical (unpaired) electrons. The van der Waals surface area contributed by atoms with E-state index in [9.17, 15) is 0 Å². The summed E-state index contributed by atoms with van der Waals surface area (Å²) in [5, 5.41) is 1.16. The quantitative estimate of drug-likeness (QED) is 0.473. The molecule has 5 rings (SSSR count). The second-order valence-electron chi connectivity index (χ2n) is 8.43. The van der Waals surface area contributed by atoms with Gasteiger partial charge in [-0.1, -0.05) is 0 Å². The van der Waals surface area contributed by atoms with Gasteiger partial charge in [-0.15, -0.1) is 0 Å². The Hall–Kier alpha value is -3.28. The fourth-order valence-electron chi connectivity index (χ4n) is 4.23. The maximum atomic E-state index is 6.02. The number of aromatic amines is 1. The maximum absolute atomic E-state index is 6.02. The topological polar surface area (TPSA) is 76.6 Å². The molecule has 0 unspecified atom stereocenters. The van der Waals surface area contributed by atoms with Crippen LogP contribution in [0, 0.1) is 6.92 Å². The van der Waals surface area contributed by atoms with Crippen LogP contribution in [0.2, 0.25) is 0 Å². The van der Waals surface area contributed by atoms with E-state index in [1.54, 1.807) is 0 Å². The minimum atomic E-state index is 0.329. The predicted molar refractivity (Wildman–Crippen MR) is 120 cm³/mol. The van der Waals surface area contributed by atoms with Crippen molar-refractivity contribution in [3.05, 3.63) is 77.3 Å². The molecule has 0 spiro atoms. The predicted octanol–water partition coefficient (Wildman–Crippen LogP) is 4.75. The number of H-pyrrole nitrogens is 1. The van der Waals surface area contributed by atoms with Gasteiger partial charge in [-0.2, -0.15) is 0 Å². The van der Waals surface area contributed by atoms with E-state index < -0.39 is 0 Å². The number of ether oxygens (including phenoxy) is 1. The molecule has 0 aromatic carbocycles. The molecule has 6 heteroatoms. The zero-order chi connectivity index (χ0) is 21.0. The molecular weight excluding hydrogens is 386 g/mol. The van der Waals surface area contributed by atoms with Gasteiger partial charge >= 0.3 is 0 Å². The molecule has 31 heavy (non-hydrogen) atoms. The normalized spacial score (nSPS) is 14.4. The van der Waals surface area contributed by atoms with Gasteiger partial charge in [-0.05, 0) is 73.4 Å². The number of pyridine rings is 2. The van der Waals surface area contributed by atoms with Crippen molar-refractivity contribution >= 4 is 11.0 Å². The fourth-order valence-corrected chi connectivity index (χ4v) is 4.23. The summed E-state index contributed by atoms with van der Waals surface area (Å²) in [6.07, 6.45) is 17.2. The second-order valence-corrected chi connectivity index (χ2v) is 8.43. The summed E-state index contributed by atoms with van der Waals surface area (Å²) in [6, 6.07) is 6.27. The van der Waals surface area contributed by atoms with Crippen LogP contribution in [0.3, 0.4) is 0 Å². The highest BCUT2D eigenvalue weighted by molar-refractivity contribution is 5.80. The summed E-state index contributed by atoms with van der Waals surface area (Å²) in [4.78, 5) is 21.2. The summed E-state index contributed by atoms with van der Waals surface area (Å²) < 4.78 is 6.02. The van der Waals surface area contributed by atoms with E-state index in [-0.39, 0.29) is 0 Å². The SMILES string of the molecule is Cc1cnc2[nH]cc(Cc3cnc(CCc4ccnc(OC5CCCC5)c4)nc3)c2c1. The monoisotopic (exact) mass is 413 g/mol. The van der Waals surface area contributed by atoms with Gasteiger partial charge < -0.3 is 9.72 Å². The molecule has 1 aliphatic rings. The molecule has 4 aromatic heterocycles. The van der Waals surface area contributed by atoms with Crippen LogP contribution in [0.1, 0.15) is 53.8 Å². The number of hydrogen-bond acceptors (Lipinski definition) is 5. The Kier molecular flexibility index (Phi) is 5.61. The number of rotatable bonds is 7. The Morgan fingerprint density at radius 3 is 2.65 bits per heavy atom. The Morgan fingerprint density at radius 1 is 0.968 bits per heavy atom. The van der Waals surface area contributed by atoms with Crippen molar-refractivity contribution in [3.8, 4) is 5.88 Å². The lowest BCUT2D eigenvalue weighted by Gasteiger charge is -2.12. The largest absolute Gasteiger partial charge is 0.474 e. The van der Waals surface area contributed by atoms with Crippen molar-refractivity contribution in [1.82, 2.24) is 24.9 Å². The first-order valence-electron chi connectivity index (χ1n) is 11.1. The van der Waals surface area contributed by atoms with Crippen molar-refractivity contribution in [2.45, 2.75) is 58.0 Å². The van der Waals surface area contributed by atoms with Crippen molar-refractivity contribution in [1.29, 1.82) is 0 Å². The van der Waals surface area contributed by atoms with E-state index in [0.717, 1.165) is 66.0 Å². The molecule has 1 aliphatic carbocycles. The molecule has 1 N–H and O–H groups in total. The number of hydrogen-bond donors (Lipinski definition) is 1. The first-order valence-corrected chi connectivity index (χ1v) is 11.1. The molecule has 158 valence electrons. The van der Waals surface area contributed by atoms with E-state index in [4.69, 9.17) is 4.74 Å². The van der Waals surface area contributed by atoms with E-state index >= 15 is 0 Å². The lowest BCUT2D eigenvalue weighted by Crippen LogP contribution is -2.12. The Labute approximate surface area is 182 Å². The zero-order valence-corrected chi connectivity index (χ0v) is 17.8. The van der Waals surface area contributed by atoms with Crippen LogP contribution in [0.5, 0.6) is 5.88 Å². The van der Waals surface area contributed by atoms with E-state index in [2.05, 4.69) is 44.0 Å². The Bertz CT molecular complexity index is 1160. The summed E-state index contributed by atoms with van der Waals surface area (Å²) in [6.45, 7) is 2.06. The molecule has 0 aliphatic heterocycles. The van der Waals surface area contributed by atoms with Gasteiger partial charge in [0.2, 0.25) is 5.88 Å². The third kappa shape index (κ3) is 4.74. The van der Waals surface area contributed by atoms with Gasteiger partial charge in [-0.25, -0.2) is 19.9 Å². The van der Waals surface area contributed by atoms with Crippen molar-refractivity contribution in [3.63, 3.8) is 0 Å². The molecule has 6 nitrogen and oxygen atoms in total. The molecule has 4 heterocycles. The molecule has 0 bridgehead atoms. The van der Waals surface area contributed by atoms with Crippen LogP contribution < -0.4 is 4.74 Å². The first kappa shape index (κ1) is 19.7. The third-order valence-corrected chi connectivity index (χ3v) is 5.93. The number of fused-ring (bicyclic) bond motifs is 1. The molecule has 0 atom stereocenters. The van der Waals surface area contributed by atoms with Crippen LogP contribution >= 0.6 is 0 Å². The summed E-state index contributed by atoms with van der Waals surface area (Å²) >= 11 is 0.